The van der Waals surface area contributed by atoms with E-state index in [0.717, 1.165) is 36.8 Å². The summed E-state index contributed by atoms with van der Waals surface area (Å²) in [6.45, 7) is 7.02. The van der Waals surface area contributed by atoms with E-state index in [4.69, 9.17) is 29.0 Å². The zero-order valence-corrected chi connectivity index (χ0v) is 24.0. The van der Waals surface area contributed by atoms with E-state index < -0.39 is 30.7 Å². The van der Waals surface area contributed by atoms with Crippen LogP contribution in [0.2, 0.25) is 0 Å². The van der Waals surface area contributed by atoms with Gasteiger partial charge in [-0.1, -0.05) is 76.6 Å². The third-order valence-electron chi connectivity index (χ3n) is 6.06. The minimum absolute atomic E-state index is 0.303. The van der Waals surface area contributed by atoms with Crippen LogP contribution < -0.4 is 0 Å². The molecule has 2 atom stereocenters. The predicted octanol–water partition coefficient (Wildman–Crippen LogP) is 7.65. The van der Waals surface area contributed by atoms with Crippen molar-refractivity contribution in [1.29, 1.82) is 0 Å². The van der Waals surface area contributed by atoms with Crippen LogP contribution in [0.4, 0.5) is 4.79 Å². The van der Waals surface area contributed by atoms with Crippen molar-refractivity contribution < 1.29 is 43.4 Å². The van der Waals surface area contributed by atoms with Crippen LogP contribution in [-0.4, -0.2) is 30.7 Å². The Labute approximate surface area is 236 Å². The molecule has 0 heterocycles. The molecule has 0 bridgehead atoms. The molecule has 2 unspecified atom stereocenters. The van der Waals surface area contributed by atoms with Crippen LogP contribution in [0.5, 0.6) is 0 Å². The summed E-state index contributed by atoms with van der Waals surface area (Å²) in [4.78, 5) is 55.5. The Morgan fingerprint density at radius 1 is 0.575 bits per heavy atom. The molecule has 0 radical (unpaired) electrons. The highest BCUT2D eigenvalue weighted by Gasteiger charge is 2.20. The molecule has 0 amide bonds. The minimum atomic E-state index is -1.26. The zero-order chi connectivity index (χ0) is 29.2. The normalized spacial score (nSPS) is 12.3. The van der Waals surface area contributed by atoms with Crippen molar-refractivity contribution in [3.8, 4) is 0 Å². The highest BCUT2D eigenvalue weighted by Crippen LogP contribution is 2.13. The summed E-state index contributed by atoms with van der Waals surface area (Å²) < 4.78 is 9.72. The number of unbranched alkanes of at least 4 members (excludes halogenated alkanes) is 6. The molecule has 2 aromatic carbocycles. The van der Waals surface area contributed by atoms with Crippen molar-refractivity contribution in [3.63, 3.8) is 0 Å². The third-order valence-corrected chi connectivity index (χ3v) is 6.06. The van der Waals surface area contributed by atoms with Gasteiger partial charge in [0.15, 0.2) is 0 Å². The van der Waals surface area contributed by atoms with E-state index in [-0.39, 0.29) is 0 Å². The molecular formula is C31H42O9. The van der Waals surface area contributed by atoms with Gasteiger partial charge in [-0.05, 0) is 61.1 Å². The Balaban J connectivity index is 1.64. The molecule has 0 aromatic heterocycles. The van der Waals surface area contributed by atoms with Gasteiger partial charge < -0.3 is 9.47 Å². The van der Waals surface area contributed by atoms with E-state index in [2.05, 4.69) is 13.8 Å². The lowest BCUT2D eigenvalue weighted by Crippen LogP contribution is -2.25. The average Bonchev–Trinajstić information content (AvgIpc) is 2.95. The number of rotatable bonds is 18. The quantitative estimate of drug-likeness (QED) is 0.0599. The molecule has 0 fully saturated rings. The molecular weight excluding hydrogens is 516 g/mol. The molecule has 220 valence electrons. The number of carbonyl (C=O) groups excluding carboxylic acids is 3. The molecule has 9 heteroatoms. The highest BCUT2D eigenvalue weighted by atomic mass is 17.2. The Kier molecular flexibility index (Phi) is 15.4. The van der Waals surface area contributed by atoms with Crippen LogP contribution in [0.15, 0.2) is 48.5 Å². The van der Waals surface area contributed by atoms with Gasteiger partial charge in [0.25, 0.3) is 0 Å². The molecule has 0 aliphatic heterocycles. The SMILES string of the molecule is CCCCCCc1ccc(C(=O)OOC(C)OC(=O)OC(C)OOC(=O)c2ccc(CCCCCC)cc2)cc1. The van der Waals surface area contributed by atoms with Crippen molar-refractivity contribution in [2.75, 3.05) is 0 Å². The van der Waals surface area contributed by atoms with Crippen LogP contribution in [0.3, 0.4) is 0 Å². The molecule has 0 aliphatic carbocycles. The predicted molar refractivity (Wildman–Crippen MR) is 148 cm³/mol. The fourth-order valence-corrected chi connectivity index (χ4v) is 3.78. The Morgan fingerprint density at radius 2 is 0.950 bits per heavy atom. The number of aryl methyl sites for hydroxylation is 2. The van der Waals surface area contributed by atoms with E-state index in [1.807, 2.05) is 24.3 Å². The Bertz CT molecular complexity index is 937. The fourth-order valence-electron chi connectivity index (χ4n) is 3.78. The van der Waals surface area contributed by atoms with Crippen molar-refractivity contribution in [2.24, 2.45) is 0 Å². The second kappa shape index (κ2) is 18.8. The second-order valence-electron chi connectivity index (χ2n) is 9.57. The summed E-state index contributed by atoms with van der Waals surface area (Å²) in [6.07, 6.45) is 7.56. The fraction of sp³-hybridized carbons (Fsp3) is 0.516. The lowest BCUT2D eigenvalue weighted by Gasteiger charge is -2.15. The number of carbonyl (C=O) groups is 3. The number of ether oxygens (including phenoxy) is 2. The van der Waals surface area contributed by atoms with Gasteiger partial charge in [0.2, 0.25) is 12.6 Å². The van der Waals surface area contributed by atoms with Gasteiger partial charge >= 0.3 is 18.1 Å². The van der Waals surface area contributed by atoms with Crippen LogP contribution in [-0.2, 0) is 41.9 Å². The van der Waals surface area contributed by atoms with Gasteiger partial charge in [0.05, 0.1) is 11.1 Å². The van der Waals surface area contributed by atoms with Gasteiger partial charge in [0, 0.05) is 13.8 Å². The van der Waals surface area contributed by atoms with Crippen molar-refractivity contribution in [3.05, 3.63) is 70.8 Å². The molecule has 0 N–H and O–H groups in total. The molecule has 2 aromatic rings. The maximum Gasteiger partial charge on any atom is 0.513 e. The summed E-state index contributed by atoms with van der Waals surface area (Å²) in [5.41, 5.74) is 2.89. The van der Waals surface area contributed by atoms with Crippen molar-refractivity contribution in [1.82, 2.24) is 0 Å². The summed E-state index contributed by atoms with van der Waals surface area (Å²) in [6, 6.07) is 14.1. The summed E-state index contributed by atoms with van der Waals surface area (Å²) in [5.74, 6) is -1.45. The first-order valence-electron chi connectivity index (χ1n) is 14.1. The first-order valence-corrected chi connectivity index (χ1v) is 14.1. The molecule has 0 saturated heterocycles. The highest BCUT2D eigenvalue weighted by molar-refractivity contribution is 5.89. The van der Waals surface area contributed by atoms with E-state index in [1.165, 1.54) is 52.4 Å². The smallest absolute Gasteiger partial charge is 0.401 e. The molecule has 0 aliphatic rings. The first kappa shape index (κ1) is 32.8. The molecule has 0 saturated carbocycles. The minimum Gasteiger partial charge on any atom is -0.401 e. The summed E-state index contributed by atoms with van der Waals surface area (Å²) >= 11 is 0. The van der Waals surface area contributed by atoms with Crippen LogP contribution in [0.25, 0.3) is 0 Å². The largest absolute Gasteiger partial charge is 0.513 e. The Hall–Kier alpha value is -3.43. The van der Waals surface area contributed by atoms with Crippen LogP contribution in [0.1, 0.15) is 111 Å². The van der Waals surface area contributed by atoms with Gasteiger partial charge in [-0.3, -0.25) is 9.78 Å². The van der Waals surface area contributed by atoms with Gasteiger partial charge in [0.1, 0.15) is 0 Å². The monoisotopic (exact) mass is 558 g/mol. The van der Waals surface area contributed by atoms with Gasteiger partial charge in [-0.25, -0.2) is 14.4 Å². The van der Waals surface area contributed by atoms with E-state index in [9.17, 15) is 14.4 Å². The lowest BCUT2D eigenvalue weighted by atomic mass is 10.0. The summed E-state index contributed by atoms with van der Waals surface area (Å²) in [7, 11) is 0. The number of hydrogen-bond donors (Lipinski definition) is 0. The Morgan fingerprint density at radius 3 is 1.30 bits per heavy atom. The molecule has 0 spiro atoms. The molecule has 2 rings (SSSR count). The van der Waals surface area contributed by atoms with Gasteiger partial charge in [-0.15, -0.1) is 9.78 Å². The topological polar surface area (TPSA) is 107 Å². The van der Waals surface area contributed by atoms with Gasteiger partial charge in [-0.2, -0.15) is 0 Å². The lowest BCUT2D eigenvalue weighted by molar-refractivity contribution is -0.340. The van der Waals surface area contributed by atoms with Crippen LogP contribution in [0, 0.1) is 0 Å². The maximum atomic E-state index is 12.2. The zero-order valence-electron chi connectivity index (χ0n) is 24.0. The van der Waals surface area contributed by atoms with E-state index in [1.54, 1.807) is 24.3 Å². The maximum absolute atomic E-state index is 12.2. The molecule has 40 heavy (non-hydrogen) atoms. The second-order valence-corrected chi connectivity index (χ2v) is 9.57. The van der Waals surface area contributed by atoms with Crippen molar-refractivity contribution >= 4 is 18.1 Å². The van der Waals surface area contributed by atoms with E-state index in [0.29, 0.717) is 11.1 Å². The van der Waals surface area contributed by atoms with Crippen molar-refractivity contribution in [2.45, 2.75) is 104 Å². The first-order chi connectivity index (χ1) is 19.3. The average molecular weight is 559 g/mol. The number of hydrogen-bond acceptors (Lipinski definition) is 9. The number of benzene rings is 2. The van der Waals surface area contributed by atoms with Crippen LogP contribution >= 0.6 is 0 Å². The van der Waals surface area contributed by atoms with E-state index >= 15 is 0 Å². The standard InChI is InChI=1S/C31H42O9/c1-5-7-9-11-13-25-15-19-27(20-16-25)29(32)39-37-23(3)35-31(34)36-24(4)38-40-30(33)28-21-17-26(18-22-28)14-12-10-8-6-2/h15-24H,5-14H2,1-4H3. The molecule has 9 nitrogen and oxygen atoms in total. The third kappa shape index (κ3) is 13.1. The summed E-state index contributed by atoms with van der Waals surface area (Å²) in [5, 5.41) is 0.